The highest BCUT2D eigenvalue weighted by atomic mass is 15.2. The lowest BCUT2D eigenvalue weighted by Gasteiger charge is -2.38. The van der Waals surface area contributed by atoms with Crippen LogP contribution >= 0.6 is 0 Å². The molecule has 0 radical (unpaired) electrons. The molecular weight excluding hydrogens is 236 g/mol. The molecule has 0 aromatic heterocycles. The van der Waals surface area contributed by atoms with Gasteiger partial charge < -0.3 is 15.5 Å². The van der Waals surface area contributed by atoms with Gasteiger partial charge in [0.15, 0.2) is 0 Å². The van der Waals surface area contributed by atoms with E-state index in [2.05, 4.69) is 34.0 Å². The third-order valence-electron chi connectivity index (χ3n) is 4.42. The summed E-state index contributed by atoms with van der Waals surface area (Å²) in [4.78, 5) is 9.13. The van der Waals surface area contributed by atoms with Gasteiger partial charge in [0, 0.05) is 31.5 Å². The molecule has 1 aromatic rings. The highest BCUT2D eigenvalue weighted by molar-refractivity contribution is 5.57. The number of piperidine rings is 1. The summed E-state index contributed by atoms with van der Waals surface area (Å²) in [5, 5.41) is 0. The highest BCUT2D eigenvalue weighted by Crippen LogP contribution is 2.28. The molecule has 1 atom stereocenters. The Morgan fingerprint density at radius 3 is 2.42 bits per heavy atom. The van der Waals surface area contributed by atoms with Gasteiger partial charge in [-0.25, -0.2) is 0 Å². The summed E-state index contributed by atoms with van der Waals surface area (Å²) in [6, 6.07) is 8.84. The first-order chi connectivity index (χ1) is 9.24. The van der Waals surface area contributed by atoms with Gasteiger partial charge in [0.25, 0.3) is 0 Å². The van der Waals surface area contributed by atoms with E-state index in [4.69, 9.17) is 5.73 Å². The van der Waals surface area contributed by atoms with Crippen LogP contribution in [0.3, 0.4) is 0 Å². The first-order valence-corrected chi connectivity index (χ1v) is 7.06. The Balaban J connectivity index is 1.59. The van der Waals surface area contributed by atoms with E-state index in [-0.39, 0.29) is 0 Å². The van der Waals surface area contributed by atoms with Gasteiger partial charge in [-0.2, -0.15) is 0 Å². The van der Waals surface area contributed by atoms with E-state index >= 15 is 0 Å². The number of hydrogen-bond donors (Lipinski definition) is 1. The standard InChI is InChI=1S/C15H22N4/c1-18-11-17-10-15(18)12-6-8-19(9-7-12)14-4-2-13(16)3-5-14/h2-5,11-12,15H,6-10,16H2,1H3. The van der Waals surface area contributed by atoms with Crippen molar-refractivity contribution in [3.8, 4) is 0 Å². The first-order valence-electron chi connectivity index (χ1n) is 7.06. The molecule has 1 aromatic carbocycles. The zero-order valence-corrected chi connectivity index (χ0v) is 11.5. The second kappa shape index (κ2) is 5.11. The summed E-state index contributed by atoms with van der Waals surface area (Å²) >= 11 is 0. The predicted octanol–water partition coefficient (Wildman–Crippen LogP) is 1.83. The van der Waals surface area contributed by atoms with Crippen LogP contribution in [0, 0.1) is 5.92 Å². The molecule has 2 heterocycles. The maximum atomic E-state index is 5.74. The third kappa shape index (κ3) is 2.53. The number of likely N-dealkylation sites (N-methyl/N-ethyl adjacent to an activating group) is 1. The van der Waals surface area contributed by atoms with Crippen molar-refractivity contribution in [2.75, 3.05) is 37.3 Å². The first kappa shape index (κ1) is 12.3. The fourth-order valence-electron chi connectivity index (χ4n) is 3.21. The summed E-state index contributed by atoms with van der Waals surface area (Å²) in [5.41, 5.74) is 7.87. The lowest BCUT2D eigenvalue weighted by atomic mass is 9.89. The molecule has 1 fully saturated rings. The van der Waals surface area contributed by atoms with E-state index in [0.717, 1.165) is 31.2 Å². The minimum Gasteiger partial charge on any atom is -0.399 e. The summed E-state index contributed by atoms with van der Waals surface area (Å²) < 4.78 is 0. The fraction of sp³-hybridized carbons (Fsp3) is 0.533. The highest BCUT2D eigenvalue weighted by Gasteiger charge is 2.30. The topological polar surface area (TPSA) is 44.9 Å². The molecule has 0 saturated carbocycles. The van der Waals surface area contributed by atoms with Crippen molar-refractivity contribution in [3.05, 3.63) is 24.3 Å². The number of rotatable bonds is 2. The summed E-state index contributed by atoms with van der Waals surface area (Å²) in [5.74, 6) is 0.775. The number of nitrogens with two attached hydrogens (primary N) is 1. The van der Waals surface area contributed by atoms with Crippen LogP contribution in [0.4, 0.5) is 11.4 Å². The van der Waals surface area contributed by atoms with Crippen molar-refractivity contribution < 1.29 is 0 Å². The van der Waals surface area contributed by atoms with E-state index in [1.54, 1.807) is 0 Å². The SMILES string of the molecule is CN1C=NCC1C1CCN(c2ccc(N)cc2)CC1. The Labute approximate surface area is 114 Å². The summed E-state index contributed by atoms with van der Waals surface area (Å²) in [7, 11) is 2.15. The van der Waals surface area contributed by atoms with Gasteiger partial charge >= 0.3 is 0 Å². The Morgan fingerprint density at radius 2 is 1.84 bits per heavy atom. The maximum absolute atomic E-state index is 5.74. The molecule has 102 valence electrons. The quantitative estimate of drug-likeness (QED) is 0.823. The Morgan fingerprint density at radius 1 is 1.16 bits per heavy atom. The molecule has 4 heteroatoms. The fourth-order valence-corrected chi connectivity index (χ4v) is 3.21. The van der Waals surface area contributed by atoms with E-state index in [1.807, 2.05) is 18.5 Å². The van der Waals surface area contributed by atoms with Gasteiger partial charge in [0.05, 0.1) is 18.9 Å². The van der Waals surface area contributed by atoms with Crippen LogP contribution in [0.15, 0.2) is 29.3 Å². The summed E-state index contributed by atoms with van der Waals surface area (Å²) in [6.07, 6.45) is 4.49. The van der Waals surface area contributed by atoms with Gasteiger partial charge in [-0.1, -0.05) is 0 Å². The number of anilines is 2. The zero-order chi connectivity index (χ0) is 13.2. The van der Waals surface area contributed by atoms with E-state index in [1.165, 1.54) is 18.5 Å². The van der Waals surface area contributed by atoms with Crippen LogP contribution in [0.1, 0.15) is 12.8 Å². The van der Waals surface area contributed by atoms with Crippen LogP contribution in [-0.4, -0.2) is 44.0 Å². The molecule has 1 unspecified atom stereocenters. The Bertz CT molecular complexity index is 446. The van der Waals surface area contributed by atoms with Crippen molar-refractivity contribution in [1.82, 2.24) is 4.90 Å². The van der Waals surface area contributed by atoms with E-state index in [0.29, 0.717) is 6.04 Å². The second-order valence-corrected chi connectivity index (χ2v) is 5.63. The van der Waals surface area contributed by atoms with E-state index in [9.17, 15) is 0 Å². The van der Waals surface area contributed by atoms with Gasteiger partial charge in [-0.3, -0.25) is 4.99 Å². The molecule has 3 rings (SSSR count). The van der Waals surface area contributed by atoms with Crippen LogP contribution in [0.5, 0.6) is 0 Å². The van der Waals surface area contributed by atoms with Crippen molar-refractivity contribution >= 4 is 17.7 Å². The van der Waals surface area contributed by atoms with Gasteiger partial charge in [-0.15, -0.1) is 0 Å². The minimum atomic E-state index is 0.619. The Kier molecular flexibility index (Phi) is 3.32. The van der Waals surface area contributed by atoms with Crippen molar-refractivity contribution in [1.29, 1.82) is 0 Å². The monoisotopic (exact) mass is 258 g/mol. The molecule has 0 aliphatic carbocycles. The number of nitrogen functional groups attached to an aromatic ring is 1. The third-order valence-corrected chi connectivity index (χ3v) is 4.42. The van der Waals surface area contributed by atoms with Crippen LogP contribution in [-0.2, 0) is 0 Å². The second-order valence-electron chi connectivity index (χ2n) is 5.63. The molecule has 0 bridgehead atoms. The van der Waals surface area contributed by atoms with Gasteiger partial charge in [-0.05, 0) is 43.0 Å². The summed E-state index contributed by atoms with van der Waals surface area (Å²) in [6.45, 7) is 3.25. The number of hydrogen-bond acceptors (Lipinski definition) is 4. The maximum Gasteiger partial charge on any atom is 0.0851 e. The molecular formula is C15H22N4. The zero-order valence-electron chi connectivity index (χ0n) is 11.5. The lowest BCUT2D eigenvalue weighted by Crippen LogP contribution is -2.43. The average molecular weight is 258 g/mol. The van der Waals surface area contributed by atoms with Crippen molar-refractivity contribution in [3.63, 3.8) is 0 Å². The molecule has 0 amide bonds. The normalized spacial score (nSPS) is 24.2. The molecule has 19 heavy (non-hydrogen) atoms. The van der Waals surface area contributed by atoms with Crippen molar-refractivity contribution in [2.24, 2.45) is 10.9 Å². The molecule has 1 saturated heterocycles. The van der Waals surface area contributed by atoms with Gasteiger partial charge in [0.1, 0.15) is 0 Å². The minimum absolute atomic E-state index is 0.619. The molecule has 2 aliphatic rings. The van der Waals surface area contributed by atoms with E-state index < -0.39 is 0 Å². The number of nitrogens with zero attached hydrogens (tertiary/aromatic N) is 3. The largest absolute Gasteiger partial charge is 0.399 e. The predicted molar refractivity (Wildman–Crippen MR) is 80.7 cm³/mol. The van der Waals surface area contributed by atoms with Crippen LogP contribution in [0.25, 0.3) is 0 Å². The Hall–Kier alpha value is -1.71. The lowest BCUT2D eigenvalue weighted by molar-refractivity contribution is 0.247. The van der Waals surface area contributed by atoms with Gasteiger partial charge in [0.2, 0.25) is 0 Å². The average Bonchev–Trinajstić information content (AvgIpc) is 2.86. The molecule has 2 aliphatic heterocycles. The number of benzene rings is 1. The number of aliphatic imine (C=N–C) groups is 1. The molecule has 4 nitrogen and oxygen atoms in total. The molecule has 2 N–H and O–H groups in total. The van der Waals surface area contributed by atoms with Crippen LogP contribution in [0.2, 0.25) is 0 Å². The smallest absolute Gasteiger partial charge is 0.0851 e. The van der Waals surface area contributed by atoms with Crippen LogP contribution < -0.4 is 10.6 Å². The van der Waals surface area contributed by atoms with Crippen molar-refractivity contribution in [2.45, 2.75) is 18.9 Å². The molecule has 0 spiro atoms.